The van der Waals surface area contributed by atoms with Crippen LogP contribution in [0.1, 0.15) is 46.5 Å². The summed E-state index contributed by atoms with van der Waals surface area (Å²) in [5.41, 5.74) is 5.58. The Balaban J connectivity index is 2.36. The molecule has 1 amide bonds. The van der Waals surface area contributed by atoms with Gasteiger partial charge in [0.05, 0.1) is 5.60 Å². The Labute approximate surface area is 111 Å². The molecular formula is C14H28N2O2. The van der Waals surface area contributed by atoms with Crippen molar-refractivity contribution in [1.82, 2.24) is 5.32 Å². The van der Waals surface area contributed by atoms with Crippen molar-refractivity contribution < 1.29 is 9.53 Å². The zero-order valence-electron chi connectivity index (χ0n) is 12.0. The predicted molar refractivity (Wildman–Crippen MR) is 73.2 cm³/mol. The van der Waals surface area contributed by atoms with Crippen LogP contribution in [0.15, 0.2) is 0 Å². The summed E-state index contributed by atoms with van der Waals surface area (Å²) in [5, 5.41) is 2.87. The van der Waals surface area contributed by atoms with E-state index in [0.29, 0.717) is 24.9 Å². The molecule has 1 saturated carbocycles. The first kappa shape index (κ1) is 15.4. The molecule has 1 aliphatic carbocycles. The Morgan fingerprint density at radius 2 is 2.28 bits per heavy atom. The molecule has 2 unspecified atom stereocenters. The molecule has 1 rings (SSSR count). The Morgan fingerprint density at radius 1 is 1.56 bits per heavy atom. The van der Waals surface area contributed by atoms with Crippen LogP contribution in [0.3, 0.4) is 0 Å². The van der Waals surface area contributed by atoms with Crippen molar-refractivity contribution >= 4 is 5.91 Å². The molecule has 4 heteroatoms. The van der Waals surface area contributed by atoms with Gasteiger partial charge in [0.1, 0.15) is 6.61 Å². The number of hydrogen-bond donors (Lipinski definition) is 2. The summed E-state index contributed by atoms with van der Waals surface area (Å²) in [4.78, 5) is 11.7. The van der Waals surface area contributed by atoms with Crippen molar-refractivity contribution in [3.63, 3.8) is 0 Å². The maximum Gasteiger partial charge on any atom is 0.246 e. The highest BCUT2D eigenvalue weighted by atomic mass is 16.5. The van der Waals surface area contributed by atoms with Crippen molar-refractivity contribution in [2.24, 2.45) is 17.6 Å². The monoisotopic (exact) mass is 256 g/mol. The van der Waals surface area contributed by atoms with Gasteiger partial charge in [0.15, 0.2) is 0 Å². The summed E-state index contributed by atoms with van der Waals surface area (Å²) < 4.78 is 5.85. The van der Waals surface area contributed by atoms with Gasteiger partial charge in [0, 0.05) is 13.1 Å². The van der Waals surface area contributed by atoms with Gasteiger partial charge in [-0.25, -0.2) is 0 Å². The van der Waals surface area contributed by atoms with Gasteiger partial charge in [0.2, 0.25) is 5.91 Å². The number of rotatable bonds is 6. The van der Waals surface area contributed by atoms with E-state index in [2.05, 4.69) is 26.1 Å². The molecule has 18 heavy (non-hydrogen) atoms. The molecule has 4 nitrogen and oxygen atoms in total. The molecule has 0 aromatic heterocycles. The van der Waals surface area contributed by atoms with Crippen LogP contribution in [-0.2, 0) is 9.53 Å². The Hall–Kier alpha value is -0.610. The maximum atomic E-state index is 11.7. The van der Waals surface area contributed by atoms with E-state index in [1.807, 2.05) is 0 Å². The van der Waals surface area contributed by atoms with Gasteiger partial charge in [-0.05, 0) is 24.7 Å². The molecule has 0 radical (unpaired) electrons. The van der Waals surface area contributed by atoms with Crippen LogP contribution < -0.4 is 11.1 Å². The minimum Gasteiger partial charge on any atom is -0.364 e. The molecule has 0 spiro atoms. The fourth-order valence-electron chi connectivity index (χ4n) is 2.57. The summed E-state index contributed by atoms with van der Waals surface area (Å²) in [6, 6.07) is 0. The molecule has 0 saturated heterocycles. The van der Waals surface area contributed by atoms with E-state index in [4.69, 9.17) is 10.5 Å². The normalized spacial score (nSPS) is 28.4. The van der Waals surface area contributed by atoms with Gasteiger partial charge in [-0.1, -0.05) is 33.6 Å². The minimum absolute atomic E-state index is 0.0326. The third-order valence-electron chi connectivity index (χ3n) is 3.64. The van der Waals surface area contributed by atoms with Crippen molar-refractivity contribution in [2.75, 3.05) is 19.7 Å². The first-order valence-corrected chi connectivity index (χ1v) is 7.08. The number of ether oxygens (including phenoxy) is 1. The van der Waals surface area contributed by atoms with Crippen molar-refractivity contribution in [2.45, 2.75) is 52.1 Å². The Kier molecular flexibility index (Phi) is 6.09. The van der Waals surface area contributed by atoms with Gasteiger partial charge in [-0.3, -0.25) is 4.79 Å². The topological polar surface area (TPSA) is 64.3 Å². The van der Waals surface area contributed by atoms with E-state index in [9.17, 15) is 4.79 Å². The van der Waals surface area contributed by atoms with Crippen LogP contribution >= 0.6 is 0 Å². The quantitative estimate of drug-likeness (QED) is 0.760. The van der Waals surface area contributed by atoms with E-state index in [-0.39, 0.29) is 18.1 Å². The first-order chi connectivity index (χ1) is 8.47. The lowest BCUT2D eigenvalue weighted by atomic mass is 9.79. The van der Waals surface area contributed by atoms with E-state index in [0.717, 1.165) is 19.3 Å². The van der Waals surface area contributed by atoms with Crippen LogP contribution in [0.4, 0.5) is 0 Å². The van der Waals surface area contributed by atoms with Crippen molar-refractivity contribution in [1.29, 1.82) is 0 Å². The summed E-state index contributed by atoms with van der Waals surface area (Å²) in [6.45, 7) is 7.72. The van der Waals surface area contributed by atoms with Gasteiger partial charge in [-0.15, -0.1) is 0 Å². The van der Waals surface area contributed by atoms with Crippen LogP contribution in [-0.4, -0.2) is 31.2 Å². The van der Waals surface area contributed by atoms with Gasteiger partial charge >= 0.3 is 0 Å². The second kappa shape index (κ2) is 7.10. The third kappa shape index (κ3) is 4.94. The van der Waals surface area contributed by atoms with Crippen LogP contribution in [0.25, 0.3) is 0 Å². The molecule has 0 heterocycles. The number of hydrogen-bond acceptors (Lipinski definition) is 3. The summed E-state index contributed by atoms with van der Waals surface area (Å²) >= 11 is 0. The largest absolute Gasteiger partial charge is 0.364 e. The lowest BCUT2D eigenvalue weighted by Gasteiger charge is -2.38. The molecule has 3 N–H and O–H groups in total. The van der Waals surface area contributed by atoms with Crippen molar-refractivity contribution in [3.05, 3.63) is 0 Å². The molecule has 0 aromatic rings. The summed E-state index contributed by atoms with van der Waals surface area (Å²) in [5.74, 6) is 1.07. The molecule has 1 aliphatic rings. The number of carbonyl (C=O) groups excluding carboxylic acids is 1. The molecule has 2 atom stereocenters. The van der Waals surface area contributed by atoms with E-state index in [1.54, 1.807) is 0 Å². The smallest absolute Gasteiger partial charge is 0.246 e. The fraction of sp³-hybridized carbons (Fsp3) is 0.929. The number of carbonyl (C=O) groups is 1. The highest BCUT2D eigenvalue weighted by molar-refractivity contribution is 5.77. The standard InChI is InChI=1S/C14H28N2O2/c1-11(2)8-16-13(17)9-18-14(10-15)6-4-5-12(3)7-14/h11-12H,4-10,15H2,1-3H3,(H,16,17). The number of nitrogens with one attached hydrogen (secondary N) is 1. The maximum absolute atomic E-state index is 11.7. The molecular weight excluding hydrogens is 228 g/mol. The van der Waals surface area contributed by atoms with E-state index in [1.165, 1.54) is 6.42 Å². The molecule has 1 fully saturated rings. The molecule has 0 aliphatic heterocycles. The number of amides is 1. The second-order valence-corrected chi connectivity index (χ2v) is 6.08. The highest BCUT2D eigenvalue weighted by Gasteiger charge is 2.35. The second-order valence-electron chi connectivity index (χ2n) is 6.08. The fourth-order valence-corrected chi connectivity index (χ4v) is 2.57. The minimum atomic E-state index is -0.271. The molecule has 0 aromatic carbocycles. The Morgan fingerprint density at radius 3 is 2.83 bits per heavy atom. The van der Waals surface area contributed by atoms with Crippen LogP contribution in [0, 0.1) is 11.8 Å². The van der Waals surface area contributed by atoms with E-state index < -0.39 is 0 Å². The van der Waals surface area contributed by atoms with Crippen molar-refractivity contribution in [3.8, 4) is 0 Å². The van der Waals surface area contributed by atoms with Crippen LogP contribution in [0.2, 0.25) is 0 Å². The zero-order chi connectivity index (χ0) is 13.6. The lowest BCUT2D eigenvalue weighted by Crippen LogP contribution is -2.46. The Bertz CT molecular complexity index is 269. The third-order valence-corrected chi connectivity index (χ3v) is 3.64. The predicted octanol–water partition coefficient (Wildman–Crippen LogP) is 1.68. The molecule has 106 valence electrons. The lowest BCUT2D eigenvalue weighted by molar-refractivity contribution is -0.136. The first-order valence-electron chi connectivity index (χ1n) is 7.08. The zero-order valence-corrected chi connectivity index (χ0v) is 12.0. The van der Waals surface area contributed by atoms with Gasteiger partial charge in [0.25, 0.3) is 0 Å². The molecule has 0 bridgehead atoms. The average Bonchev–Trinajstić information content (AvgIpc) is 2.34. The summed E-state index contributed by atoms with van der Waals surface area (Å²) in [6.07, 6.45) is 4.34. The van der Waals surface area contributed by atoms with Crippen LogP contribution in [0.5, 0.6) is 0 Å². The van der Waals surface area contributed by atoms with Gasteiger partial charge < -0.3 is 15.8 Å². The highest BCUT2D eigenvalue weighted by Crippen LogP contribution is 2.34. The SMILES string of the molecule is CC(C)CNC(=O)COC1(CN)CCCC(C)C1. The average molecular weight is 256 g/mol. The number of nitrogens with two attached hydrogens (primary N) is 1. The van der Waals surface area contributed by atoms with Gasteiger partial charge in [-0.2, -0.15) is 0 Å². The summed E-state index contributed by atoms with van der Waals surface area (Å²) in [7, 11) is 0. The van der Waals surface area contributed by atoms with E-state index >= 15 is 0 Å².